The normalized spacial score (nSPS) is 13.1. The van der Waals surface area contributed by atoms with E-state index in [-0.39, 0.29) is 45.3 Å². The van der Waals surface area contributed by atoms with Gasteiger partial charge in [0.05, 0.1) is 11.3 Å². The zero-order valence-electron chi connectivity index (χ0n) is 16.4. The second-order valence-corrected chi connectivity index (χ2v) is 6.99. The van der Waals surface area contributed by atoms with E-state index in [1.807, 2.05) is 0 Å². The van der Waals surface area contributed by atoms with Gasteiger partial charge < -0.3 is 15.2 Å². The third kappa shape index (κ3) is 3.57. The summed E-state index contributed by atoms with van der Waals surface area (Å²) in [5.74, 6) is -2.49. The van der Waals surface area contributed by atoms with Crippen LogP contribution in [0.4, 0.5) is 5.69 Å². The van der Waals surface area contributed by atoms with Crippen molar-refractivity contribution in [2.24, 2.45) is 0 Å². The Balaban J connectivity index is 1.57. The van der Waals surface area contributed by atoms with Gasteiger partial charge in [-0.1, -0.05) is 48.5 Å². The van der Waals surface area contributed by atoms with E-state index >= 15 is 0 Å². The summed E-state index contributed by atoms with van der Waals surface area (Å²) in [6.45, 7) is 1.37. The number of carbonyl (C=O) groups is 4. The summed E-state index contributed by atoms with van der Waals surface area (Å²) in [5, 5.41) is 12.3. The summed E-state index contributed by atoms with van der Waals surface area (Å²) in [4.78, 5) is 50.7. The molecular formula is C24H17NO6. The number of ether oxygens (including phenoxy) is 1. The first-order chi connectivity index (χ1) is 14.9. The van der Waals surface area contributed by atoms with E-state index in [1.54, 1.807) is 42.5 Å². The fourth-order valence-corrected chi connectivity index (χ4v) is 3.41. The highest BCUT2D eigenvalue weighted by molar-refractivity contribution is 6.30. The minimum atomic E-state index is -1.22. The van der Waals surface area contributed by atoms with Crippen molar-refractivity contribution >= 4 is 29.1 Å². The average molecular weight is 415 g/mol. The number of esters is 1. The topological polar surface area (TPSA) is 110 Å². The van der Waals surface area contributed by atoms with Crippen LogP contribution in [-0.2, 0) is 9.53 Å². The van der Waals surface area contributed by atoms with Crippen LogP contribution in [0.2, 0.25) is 0 Å². The number of hydrogen-bond donors (Lipinski definition) is 2. The van der Waals surface area contributed by atoms with Crippen molar-refractivity contribution in [3.63, 3.8) is 0 Å². The molecular weight excluding hydrogens is 398 g/mol. The lowest BCUT2D eigenvalue weighted by Gasteiger charge is -2.21. The van der Waals surface area contributed by atoms with E-state index in [9.17, 15) is 24.3 Å². The molecule has 7 heteroatoms. The minimum Gasteiger partial charge on any atom is -0.507 e. The largest absolute Gasteiger partial charge is 0.507 e. The van der Waals surface area contributed by atoms with Gasteiger partial charge in [0.1, 0.15) is 11.3 Å². The van der Waals surface area contributed by atoms with E-state index in [0.717, 1.165) is 0 Å². The lowest BCUT2D eigenvalue weighted by atomic mass is 9.83. The van der Waals surface area contributed by atoms with Gasteiger partial charge in [0, 0.05) is 16.7 Å². The third-order valence-electron chi connectivity index (χ3n) is 4.99. The van der Waals surface area contributed by atoms with Crippen molar-refractivity contribution in [3.05, 3.63) is 94.5 Å². The highest BCUT2D eigenvalue weighted by atomic mass is 16.5. The number of phenols is 1. The molecule has 1 aliphatic rings. The number of fused-ring (bicyclic) bond motifs is 2. The van der Waals surface area contributed by atoms with Crippen molar-refractivity contribution in [1.82, 2.24) is 0 Å². The van der Waals surface area contributed by atoms with Crippen molar-refractivity contribution in [2.45, 2.75) is 13.0 Å². The summed E-state index contributed by atoms with van der Waals surface area (Å²) >= 11 is 0. The maximum absolute atomic E-state index is 13.0. The Kier molecular flexibility index (Phi) is 5.09. The number of hydrogen-bond acceptors (Lipinski definition) is 6. The Morgan fingerprint density at radius 2 is 1.45 bits per heavy atom. The molecule has 1 amide bonds. The van der Waals surface area contributed by atoms with Crippen LogP contribution in [0.15, 0.2) is 66.7 Å². The third-order valence-corrected chi connectivity index (χ3v) is 4.99. The van der Waals surface area contributed by atoms with Crippen molar-refractivity contribution in [1.29, 1.82) is 0 Å². The molecule has 7 nitrogen and oxygen atoms in total. The summed E-state index contributed by atoms with van der Waals surface area (Å²) in [6, 6.07) is 16.9. The smallest absolute Gasteiger partial charge is 0.342 e. The number of anilines is 1. The first kappa shape index (κ1) is 20.0. The van der Waals surface area contributed by atoms with Crippen LogP contribution >= 0.6 is 0 Å². The molecule has 0 aliphatic heterocycles. The summed E-state index contributed by atoms with van der Waals surface area (Å²) in [5.41, 5.74) is 0.950. The molecule has 1 atom stereocenters. The predicted molar refractivity (Wildman–Crippen MR) is 111 cm³/mol. The molecule has 0 aromatic heterocycles. The number of phenolic OH excluding ortho intramolecular Hbond substituents is 1. The van der Waals surface area contributed by atoms with Crippen LogP contribution in [-0.4, -0.2) is 34.7 Å². The number of carbonyl (C=O) groups excluding carboxylic acids is 4. The Bertz CT molecular complexity index is 1250. The molecule has 0 fully saturated rings. The van der Waals surface area contributed by atoms with Crippen LogP contribution in [0.5, 0.6) is 5.75 Å². The number of ketones is 2. The summed E-state index contributed by atoms with van der Waals surface area (Å²) in [7, 11) is 0. The Labute approximate surface area is 177 Å². The van der Waals surface area contributed by atoms with Gasteiger partial charge in [-0.3, -0.25) is 14.4 Å². The van der Waals surface area contributed by atoms with Crippen LogP contribution in [0, 0.1) is 0 Å². The number of nitrogens with one attached hydrogen (secondary N) is 1. The molecule has 0 heterocycles. The molecule has 0 spiro atoms. The second-order valence-electron chi connectivity index (χ2n) is 6.99. The average Bonchev–Trinajstić information content (AvgIpc) is 2.77. The summed E-state index contributed by atoms with van der Waals surface area (Å²) in [6.07, 6.45) is -1.22. The monoisotopic (exact) mass is 415 g/mol. The number of benzene rings is 3. The van der Waals surface area contributed by atoms with Crippen LogP contribution < -0.4 is 5.32 Å². The zero-order valence-corrected chi connectivity index (χ0v) is 16.4. The minimum absolute atomic E-state index is 0.0726. The van der Waals surface area contributed by atoms with Crippen molar-refractivity contribution in [3.8, 4) is 5.75 Å². The number of aromatic hydroxyl groups is 1. The molecule has 4 rings (SSSR count). The molecule has 2 N–H and O–H groups in total. The van der Waals surface area contributed by atoms with Gasteiger partial charge >= 0.3 is 5.97 Å². The fourth-order valence-electron chi connectivity index (χ4n) is 3.41. The molecule has 154 valence electrons. The first-order valence-electron chi connectivity index (χ1n) is 9.49. The Morgan fingerprint density at radius 1 is 0.839 bits per heavy atom. The van der Waals surface area contributed by atoms with Gasteiger partial charge in [0.2, 0.25) is 0 Å². The standard InChI is InChI=1S/C24H17NO6/c1-13(31-24(30)16-9-4-5-12-19(16)26)23(29)25-18-11-6-10-17-20(18)22(28)15-8-3-2-7-14(15)21(17)27/h2-13,26H,1H3,(H,25,29). The first-order valence-corrected chi connectivity index (χ1v) is 9.49. The summed E-state index contributed by atoms with van der Waals surface area (Å²) < 4.78 is 5.14. The van der Waals surface area contributed by atoms with Gasteiger partial charge in [-0.25, -0.2) is 4.79 Å². The van der Waals surface area contributed by atoms with E-state index in [2.05, 4.69) is 5.32 Å². The molecule has 31 heavy (non-hydrogen) atoms. The Morgan fingerprint density at radius 3 is 2.16 bits per heavy atom. The predicted octanol–water partition coefficient (Wildman–Crippen LogP) is 3.35. The molecule has 0 saturated heterocycles. The van der Waals surface area contributed by atoms with Crippen LogP contribution in [0.3, 0.4) is 0 Å². The maximum atomic E-state index is 13.0. The molecule has 0 saturated carbocycles. The van der Waals surface area contributed by atoms with Gasteiger partial charge in [0.25, 0.3) is 5.91 Å². The molecule has 3 aromatic rings. The fraction of sp³-hybridized carbons (Fsp3) is 0.0833. The second kappa shape index (κ2) is 7.87. The van der Waals surface area contributed by atoms with E-state index in [1.165, 1.54) is 31.2 Å². The van der Waals surface area contributed by atoms with E-state index in [0.29, 0.717) is 5.56 Å². The van der Waals surface area contributed by atoms with E-state index in [4.69, 9.17) is 4.74 Å². The highest BCUT2D eigenvalue weighted by Gasteiger charge is 2.32. The zero-order chi connectivity index (χ0) is 22.1. The molecule has 3 aromatic carbocycles. The Hall–Kier alpha value is -4.26. The van der Waals surface area contributed by atoms with Crippen LogP contribution in [0.1, 0.15) is 49.1 Å². The molecule has 0 bridgehead atoms. The maximum Gasteiger partial charge on any atom is 0.342 e. The van der Waals surface area contributed by atoms with Crippen LogP contribution in [0.25, 0.3) is 0 Å². The molecule has 1 aliphatic carbocycles. The highest BCUT2D eigenvalue weighted by Crippen LogP contribution is 2.32. The van der Waals surface area contributed by atoms with E-state index < -0.39 is 18.0 Å². The van der Waals surface area contributed by atoms with Gasteiger partial charge in [-0.2, -0.15) is 0 Å². The quantitative estimate of drug-likeness (QED) is 0.495. The number of rotatable bonds is 4. The lowest BCUT2D eigenvalue weighted by Crippen LogP contribution is -2.31. The number of para-hydroxylation sites is 1. The molecule has 0 radical (unpaired) electrons. The SMILES string of the molecule is CC(OC(=O)c1ccccc1O)C(=O)Nc1cccc2c1C(=O)c1ccccc1C2=O. The van der Waals surface area contributed by atoms with Gasteiger partial charge in [-0.05, 0) is 25.1 Å². The van der Waals surface area contributed by atoms with Gasteiger partial charge in [-0.15, -0.1) is 0 Å². The molecule has 1 unspecified atom stereocenters. The van der Waals surface area contributed by atoms with Gasteiger partial charge in [0.15, 0.2) is 17.7 Å². The lowest BCUT2D eigenvalue weighted by molar-refractivity contribution is -0.123. The van der Waals surface area contributed by atoms with Crippen molar-refractivity contribution < 1.29 is 29.0 Å². The number of amides is 1. The van der Waals surface area contributed by atoms with Crippen molar-refractivity contribution in [2.75, 3.05) is 5.32 Å².